The summed E-state index contributed by atoms with van der Waals surface area (Å²) in [6.45, 7) is 1.23. The number of hydrogen-bond donors (Lipinski definition) is 0. The van der Waals surface area contributed by atoms with E-state index >= 15 is 0 Å². The highest BCUT2D eigenvalue weighted by Gasteiger charge is 2.27. The summed E-state index contributed by atoms with van der Waals surface area (Å²) in [4.78, 5) is 27.3. The molecule has 1 aliphatic rings. The zero-order valence-corrected chi connectivity index (χ0v) is 13.7. The first-order chi connectivity index (χ1) is 12.3. The lowest BCUT2D eigenvalue weighted by molar-refractivity contribution is 0.0511. The maximum Gasteiger partial charge on any atom is 0.316 e. The van der Waals surface area contributed by atoms with Crippen LogP contribution in [0, 0.1) is 0 Å². The molecule has 1 unspecified atom stereocenters. The molecule has 1 atom stereocenters. The number of carbonyl (C=O) groups excluding carboxylic acids is 1. The molecule has 6 nitrogen and oxygen atoms in total. The van der Waals surface area contributed by atoms with Crippen molar-refractivity contribution < 1.29 is 9.53 Å². The van der Waals surface area contributed by atoms with Crippen molar-refractivity contribution in [2.45, 2.75) is 18.9 Å². The van der Waals surface area contributed by atoms with Crippen LogP contribution in [0.3, 0.4) is 0 Å². The Labute approximate surface area is 145 Å². The summed E-state index contributed by atoms with van der Waals surface area (Å²) < 4.78 is 5.81. The summed E-state index contributed by atoms with van der Waals surface area (Å²) in [6.07, 6.45) is 4.96. The molecule has 0 bridgehead atoms. The van der Waals surface area contributed by atoms with Gasteiger partial charge < -0.3 is 9.64 Å². The largest absolute Gasteiger partial charge is 0.458 e. The third-order valence-electron chi connectivity index (χ3n) is 4.30. The Balaban J connectivity index is 1.49. The molecule has 0 radical (unpaired) electrons. The summed E-state index contributed by atoms with van der Waals surface area (Å²) in [5.41, 5.74) is 1.30. The van der Waals surface area contributed by atoms with Gasteiger partial charge in [0.25, 0.3) is 5.91 Å². The van der Waals surface area contributed by atoms with Crippen LogP contribution in [0.25, 0.3) is 10.9 Å². The fourth-order valence-electron chi connectivity index (χ4n) is 3.06. The van der Waals surface area contributed by atoms with Crippen molar-refractivity contribution in [1.29, 1.82) is 0 Å². The lowest BCUT2D eigenvalue weighted by Gasteiger charge is -2.32. The normalized spacial score (nSPS) is 17.4. The lowest BCUT2D eigenvalue weighted by atomic mass is 10.1. The van der Waals surface area contributed by atoms with Crippen LogP contribution in [0.4, 0.5) is 0 Å². The molecule has 4 rings (SSSR count). The third-order valence-corrected chi connectivity index (χ3v) is 4.30. The van der Waals surface area contributed by atoms with Crippen molar-refractivity contribution >= 4 is 16.8 Å². The van der Waals surface area contributed by atoms with E-state index in [-0.39, 0.29) is 12.0 Å². The van der Waals surface area contributed by atoms with Gasteiger partial charge in [-0.3, -0.25) is 4.79 Å². The van der Waals surface area contributed by atoms with Crippen molar-refractivity contribution in [3.8, 4) is 6.01 Å². The second kappa shape index (κ2) is 6.84. The first-order valence-electron chi connectivity index (χ1n) is 8.38. The van der Waals surface area contributed by atoms with E-state index in [0.29, 0.717) is 24.8 Å². The minimum Gasteiger partial charge on any atom is -0.458 e. The molecule has 1 aliphatic heterocycles. The maximum atomic E-state index is 12.8. The van der Waals surface area contributed by atoms with Crippen LogP contribution in [0.2, 0.25) is 0 Å². The van der Waals surface area contributed by atoms with E-state index < -0.39 is 0 Å². The van der Waals surface area contributed by atoms with E-state index in [1.165, 1.54) is 0 Å². The number of rotatable bonds is 3. The molecule has 1 amide bonds. The maximum absolute atomic E-state index is 12.8. The van der Waals surface area contributed by atoms with Gasteiger partial charge in [-0.15, -0.1) is 0 Å². The number of para-hydroxylation sites is 1. The quantitative estimate of drug-likeness (QED) is 0.737. The number of piperidine rings is 1. The molecule has 126 valence electrons. The van der Waals surface area contributed by atoms with Crippen LogP contribution >= 0.6 is 0 Å². The molecule has 0 saturated carbocycles. The number of amides is 1. The number of aromatic nitrogens is 3. The predicted octanol–water partition coefficient (Wildman–Crippen LogP) is 2.71. The molecular formula is C19H18N4O2. The minimum atomic E-state index is -0.0967. The van der Waals surface area contributed by atoms with Crippen LogP contribution in [0.1, 0.15) is 23.3 Å². The second-order valence-corrected chi connectivity index (χ2v) is 6.05. The molecule has 1 saturated heterocycles. The predicted molar refractivity (Wildman–Crippen MR) is 93.3 cm³/mol. The number of benzene rings is 1. The summed E-state index contributed by atoms with van der Waals surface area (Å²) in [7, 11) is 0. The lowest BCUT2D eigenvalue weighted by Crippen LogP contribution is -2.44. The van der Waals surface area contributed by atoms with Crippen molar-refractivity contribution in [3.63, 3.8) is 0 Å². The van der Waals surface area contributed by atoms with Gasteiger partial charge in [0, 0.05) is 24.3 Å². The number of nitrogens with zero attached hydrogens (tertiary/aromatic N) is 4. The highest BCUT2D eigenvalue weighted by atomic mass is 16.5. The molecule has 0 spiro atoms. The molecule has 1 aromatic carbocycles. The van der Waals surface area contributed by atoms with Gasteiger partial charge in [-0.1, -0.05) is 24.3 Å². The highest BCUT2D eigenvalue weighted by molar-refractivity contribution is 5.95. The van der Waals surface area contributed by atoms with Crippen molar-refractivity contribution in [2.24, 2.45) is 0 Å². The van der Waals surface area contributed by atoms with Gasteiger partial charge in [0.2, 0.25) is 0 Å². The van der Waals surface area contributed by atoms with E-state index in [2.05, 4.69) is 15.0 Å². The second-order valence-electron chi connectivity index (χ2n) is 6.05. The van der Waals surface area contributed by atoms with Crippen molar-refractivity contribution in [3.05, 3.63) is 60.6 Å². The molecule has 3 aromatic rings. The summed E-state index contributed by atoms with van der Waals surface area (Å²) in [6, 6.07) is 13.6. The number of ether oxygens (including phenoxy) is 1. The zero-order valence-electron chi connectivity index (χ0n) is 13.7. The van der Waals surface area contributed by atoms with Crippen LogP contribution in [-0.4, -0.2) is 45.0 Å². The van der Waals surface area contributed by atoms with Crippen molar-refractivity contribution in [2.75, 3.05) is 13.1 Å². The van der Waals surface area contributed by atoms with Gasteiger partial charge in [-0.2, -0.15) is 0 Å². The molecule has 3 heterocycles. The van der Waals surface area contributed by atoms with E-state index in [9.17, 15) is 4.79 Å². The SMILES string of the molecule is O=C(c1ccc2ccccc2n1)N1CCCC(Oc2ncccn2)C1. The molecule has 25 heavy (non-hydrogen) atoms. The molecule has 1 fully saturated rings. The van der Waals surface area contributed by atoms with Crippen LogP contribution in [-0.2, 0) is 0 Å². The van der Waals surface area contributed by atoms with Crippen LogP contribution in [0.5, 0.6) is 6.01 Å². The Morgan fingerprint density at radius 3 is 2.80 bits per heavy atom. The first kappa shape index (κ1) is 15.5. The fraction of sp³-hybridized carbons (Fsp3) is 0.263. The minimum absolute atomic E-state index is 0.0620. The van der Waals surface area contributed by atoms with E-state index in [0.717, 1.165) is 23.7 Å². The Hall–Kier alpha value is -3.02. The van der Waals surface area contributed by atoms with Crippen LogP contribution in [0.15, 0.2) is 54.9 Å². The highest BCUT2D eigenvalue weighted by Crippen LogP contribution is 2.18. The molecule has 0 N–H and O–H groups in total. The average molecular weight is 334 g/mol. The summed E-state index contributed by atoms with van der Waals surface area (Å²) in [5, 5.41) is 1.03. The number of hydrogen-bond acceptors (Lipinski definition) is 5. The number of likely N-dealkylation sites (tertiary alicyclic amines) is 1. The van der Waals surface area contributed by atoms with Gasteiger partial charge >= 0.3 is 6.01 Å². The number of pyridine rings is 1. The monoisotopic (exact) mass is 334 g/mol. The van der Waals surface area contributed by atoms with E-state index in [1.807, 2.05) is 30.3 Å². The van der Waals surface area contributed by atoms with Crippen LogP contribution < -0.4 is 4.74 Å². The molecule has 0 aliphatic carbocycles. The molecule has 6 heteroatoms. The Morgan fingerprint density at radius 1 is 1.08 bits per heavy atom. The number of carbonyl (C=O) groups is 1. The number of fused-ring (bicyclic) bond motifs is 1. The van der Waals surface area contributed by atoms with E-state index in [1.54, 1.807) is 29.4 Å². The summed E-state index contributed by atoms with van der Waals surface area (Å²) in [5.74, 6) is -0.0620. The Morgan fingerprint density at radius 2 is 1.92 bits per heavy atom. The van der Waals surface area contributed by atoms with Gasteiger partial charge in [-0.05, 0) is 31.0 Å². The Bertz CT molecular complexity index is 885. The van der Waals surface area contributed by atoms with Gasteiger partial charge in [0.1, 0.15) is 11.8 Å². The molecular weight excluding hydrogens is 316 g/mol. The van der Waals surface area contributed by atoms with Crippen molar-refractivity contribution in [1.82, 2.24) is 19.9 Å². The smallest absolute Gasteiger partial charge is 0.316 e. The molecule has 2 aromatic heterocycles. The van der Waals surface area contributed by atoms with Gasteiger partial charge in [-0.25, -0.2) is 15.0 Å². The third kappa shape index (κ3) is 3.42. The summed E-state index contributed by atoms with van der Waals surface area (Å²) >= 11 is 0. The zero-order chi connectivity index (χ0) is 17.1. The standard InChI is InChI=1S/C19H18N4O2/c24-18(17-9-8-14-5-1-2-7-16(14)22-17)23-12-3-6-15(13-23)25-19-20-10-4-11-21-19/h1-2,4-5,7-11,15H,3,6,12-13H2. The average Bonchev–Trinajstić information content (AvgIpc) is 2.68. The Kier molecular flexibility index (Phi) is 4.24. The van der Waals surface area contributed by atoms with Gasteiger partial charge in [0.05, 0.1) is 12.1 Å². The topological polar surface area (TPSA) is 68.2 Å². The fourth-order valence-corrected chi connectivity index (χ4v) is 3.06. The van der Waals surface area contributed by atoms with Gasteiger partial charge in [0.15, 0.2) is 0 Å². The first-order valence-corrected chi connectivity index (χ1v) is 8.38. The van der Waals surface area contributed by atoms with E-state index in [4.69, 9.17) is 4.74 Å².